The van der Waals surface area contributed by atoms with Crippen molar-refractivity contribution in [3.8, 4) is 0 Å². The van der Waals surface area contributed by atoms with Crippen molar-refractivity contribution in [2.45, 2.75) is 10.6 Å². The van der Waals surface area contributed by atoms with Crippen LogP contribution in [0.4, 0.5) is 10.1 Å². The van der Waals surface area contributed by atoms with Crippen LogP contribution in [-0.4, -0.2) is 9.19 Å². The number of nitrogens with two attached hydrogens (primary N) is 1. The van der Waals surface area contributed by atoms with Crippen molar-refractivity contribution in [2.24, 2.45) is 0 Å². The van der Waals surface area contributed by atoms with Crippen molar-refractivity contribution in [3.05, 3.63) is 66.1 Å². The molecule has 0 saturated heterocycles. The maximum Gasteiger partial charge on any atom is 0.125 e. The van der Waals surface area contributed by atoms with E-state index in [9.17, 15) is 8.60 Å². The van der Waals surface area contributed by atoms with Gasteiger partial charge in [0, 0.05) is 11.6 Å². The zero-order valence-corrected chi connectivity index (χ0v) is 11.9. The molecule has 2 N–H and O–H groups in total. The number of halogens is 1. The summed E-state index contributed by atoms with van der Waals surface area (Å²) in [6.07, 6.45) is 1.70. The van der Waals surface area contributed by atoms with Crippen LogP contribution in [0, 0.1) is 5.82 Å². The Kier molecular flexibility index (Phi) is 3.66. The average Bonchev–Trinajstić information content (AvgIpc) is 2.47. The highest BCUT2D eigenvalue weighted by atomic mass is 32.2. The number of anilines is 1. The molecule has 1 atom stereocenters. The lowest BCUT2D eigenvalue weighted by Crippen LogP contribution is -2.02. The van der Waals surface area contributed by atoms with E-state index in [4.69, 9.17) is 5.73 Å². The molecule has 3 nitrogen and oxygen atoms in total. The van der Waals surface area contributed by atoms with Gasteiger partial charge in [0.1, 0.15) is 5.82 Å². The quantitative estimate of drug-likeness (QED) is 0.755. The Labute approximate surface area is 124 Å². The van der Waals surface area contributed by atoms with Crippen LogP contribution >= 0.6 is 0 Å². The van der Waals surface area contributed by atoms with Gasteiger partial charge in [-0.3, -0.25) is 9.19 Å². The van der Waals surface area contributed by atoms with E-state index in [1.54, 1.807) is 6.20 Å². The van der Waals surface area contributed by atoms with Crippen LogP contribution < -0.4 is 5.73 Å². The summed E-state index contributed by atoms with van der Waals surface area (Å²) in [5, 5.41) is 0.967. The second kappa shape index (κ2) is 5.61. The third-order valence-electron chi connectivity index (χ3n) is 3.24. The topological polar surface area (TPSA) is 56.0 Å². The lowest BCUT2D eigenvalue weighted by molar-refractivity contribution is 0.627. The number of benzene rings is 2. The predicted octanol–water partition coefficient (Wildman–Crippen LogP) is 3.26. The molecule has 1 unspecified atom stereocenters. The second-order valence-electron chi connectivity index (χ2n) is 4.66. The summed E-state index contributed by atoms with van der Waals surface area (Å²) in [6.45, 7) is 0. The van der Waals surface area contributed by atoms with Crippen molar-refractivity contribution in [1.82, 2.24) is 4.98 Å². The fourth-order valence-corrected chi connectivity index (χ4v) is 3.46. The second-order valence-corrected chi connectivity index (χ2v) is 6.08. The van der Waals surface area contributed by atoms with Gasteiger partial charge >= 0.3 is 0 Å². The predicted molar refractivity (Wildman–Crippen MR) is 82.7 cm³/mol. The minimum atomic E-state index is -1.33. The van der Waals surface area contributed by atoms with E-state index in [0.717, 1.165) is 16.5 Å². The molecule has 0 amide bonds. The molecule has 0 fully saturated rings. The number of nitrogen functional groups attached to an aromatic ring is 1. The van der Waals surface area contributed by atoms with Crippen molar-refractivity contribution < 1.29 is 8.60 Å². The summed E-state index contributed by atoms with van der Waals surface area (Å²) in [6, 6.07) is 13.5. The molecule has 0 aliphatic carbocycles. The first-order chi connectivity index (χ1) is 10.1. The number of fused-ring (bicyclic) bond motifs is 1. The largest absolute Gasteiger partial charge is 0.398 e. The molecule has 0 aliphatic rings. The zero-order chi connectivity index (χ0) is 14.8. The van der Waals surface area contributed by atoms with Crippen molar-refractivity contribution >= 4 is 27.4 Å². The van der Waals surface area contributed by atoms with E-state index in [2.05, 4.69) is 4.98 Å². The minimum absolute atomic E-state index is 0.215. The number of aromatic nitrogens is 1. The highest BCUT2D eigenvalue weighted by Crippen LogP contribution is 2.23. The Morgan fingerprint density at radius 3 is 2.76 bits per heavy atom. The van der Waals surface area contributed by atoms with Crippen molar-refractivity contribution in [2.75, 3.05) is 5.73 Å². The van der Waals surface area contributed by atoms with Crippen LogP contribution in [0.5, 0.6) is 0 Å². The van der Waals surface area contributed by atoms with Gasteiger partial charge in [0.05, 0.1) is 32.7 Å². The number of hydrogen-bond donors (Lipinski definition) is 1. The van der Waals surface area contributed by atoms with E-state index >= 15 is 0 Å². The van der Waals surface area contributed by atoms with E-state index in [1.807, 2.05) is 30.3 Å². The van der Waals surface area contributed by atoms with Gasteiger partial charge < -0.3 is 5.73 Å². The van der Waals surface area contributed by atoms with Gasteiger partial charge in [0.25, 0.3) is 0 Å². The van der Waals surface area contributed by atoms with Gasteiger partial charge in [-0.1, -0.05) is 18.2 Å². The van der Waals surface area contributed by atoms with E-state index < -0.39 is 16.6 Å². The smallest absolute Gasteiger partial charge is 0.125 e. The SMILES string of the molecule is Nc1cc(F)ccc1S(=O)Cc1ccnc2ccccc12. The number of pyridine rings is 1. The molecule has 3 aromatic rings. The van der Waals surface area contributed by atoms with Gasteiger partial charge in [0.15, 0.2) is 0 Å². The van der Waals surface area contributed by atoms with Gasteiger partial charge in [-0.2, -0.15) is 0 Å². The molecule has 106 valence electrons. The fraction of sp³-hybridized carbons (Fsp3) is 0.0625. The van der Waals surface area contributed by atoms with Crippen LogP contribution in [-0.2, 0) is 16.6 Å². The zero-order valence-electron chi connectivity index (χ0n) is 11.1. The molecule has 1 aromatic heterocycles. The molecular weight excluding hydrogens is 287 g/mol. The summed E-state index contributed by atoms with van der Waals surface area (Å²) in [7, 11) is -1.33. The standard InChI is InChI=1S/C16H13FN2OS/c17-12-5-6-16(14(18)9-12)21(20)10-11-7-8-19-15-4-2-1-3-13(11)15/h1-9H,10,18H2. The third kappa shape index (κ3) is 2.78. The molecule has 0 saturated carbocycles. The molecule has 0 aliphatic heterocycles. The molecule has 5 heteroatoms. The number of para-hydroxylation sites is 1. The Morgan fingerprint density at radius 2 is 1.95 bits per heavy atom. The first-order valence-electron chi connectivity index (χ1n) is 6.41. The van der Waals surface area contributed by atoms with Crippen molar-refractivity contribution in [1.29, 1.82) is 0 Å². The Morgan fingerprint density at radius 1 is 1.14 bits per heavy atom. The number of rotatable bonds is 3. The molecule has 0 bridgehead atoms. The van der Waals surface area contributed by atoms with E-state index in [0.29, 0.717) is 10.6 Å². The number of nitrogens with zero attached hydrogens (tertiary/aromatic N) is 1. The summed E-state index contributed by atoms with van der Waals surface area (Å²) in [4.78, 5) is 4.73. The monoisotopic (exact) mass is 300 g/mol. The summed E-state index contributed by atoms with van der Waals surface area (Å²) >= 11 is 0. The summed E-state index contributed by atoms with van der Waals surface area (Å²) in [5.74, 6) is -0.110. The highest BCUT2D eigenvalue weighted by Gasteiger charge is 2.11. The minimum Gasteiger partial charge on any atom is -0.398 e. The lowest BCUT2D eigenvalue weighted by Gasteiger charge is -2.08. The van der Waals surface area contributed by atoms with Gasteiger partial charge in [-0.25, -0.2) is 4.39 Å². The van der Waals surface area contributed by atoms with Crippen LogP contribution in [0.3, 0.4) is 0 Å². The average molecular weight is 300 g/mol. The van der Waals surface area contributed by atoms with Crippen LogP contribution in [0.25, 0.3) is 10.9 Å². The Balaban J connectivity index is 1.97. The van der Waals surface area contributed by atoms with E-state index in [-0.39, 0.29) is 5.69 Å². The maximum atomic E-state index is 13.1. The Bertz CT molecular complexity index is 830. The molecule has 1 heterocycles. The first-order valence-corrected chi connectivity index (χ1v) is 7.73. The van der Waals surface area contributed by atoms with Crippen LogP contribution in [0.15, 0.2) is 59.6 Å². The molecule has 0 spiro atoms. The number of hydrogen-bond acceptors (Lipinski definition) is 3. The van der Waals surface area contributed by atoms with Gasteiger partial charge in [0.2, 0.25) is 0 Å². The third-order valence-corrected chi connectivity index (χ3v) is 4.68. The fourth-order valence-electron chi connectivity index (χ4n) is 2.23. The highest BCUT2D eigenvalue weighted by molar-refractivity contribution is 7.84. The van der Waals surface area contributed by atoms with Crippen LogP contribution in [0.1, 0.15) is 5.56 Å². The summed E-state index contributed by atoms with van der Waals surface area (Å²) < 4.78 is 25.5. The Hall–Kier alpha value is -2.27. The molecule has 21 heavy (non-hydrogen) atoms. The van der Waals surface area contributed by atoms with Gasteiger partial charge in [-0.05, 0) is 35.9 Å². The lowest BCUT2D eigenvalue weighted by atomic mass is 10.1. The molecule has 3 rings (SSSR count). The molecule has 0 radical (unpaired) electrons. The van der Waals surface area contributed by atoms with Crippen LogP contribution in [0.2, 0.25) is 0 Å². The van der Waals surface area contributed by atoms with E-state index in [1.165, 1.54) is 18.2 Å². The molecular formula is C16H13FN2OS. The van der Waals surface area contributed by atoms with Crippen molar-refractivity contribution in [3.63, 3.8) is 0 Å². The molecule has 2 aromatic carbocycles. The normalized spacial score (nSPS) is 12.4. The first kappa shape index (κ1) is 13.7. The van der Waals surface area contributed by atoms with Gasteiger partial charge in [-0.15, -0.1) is 0 Å². The maximum absolute atomic E-state index is 13.1. The summed E-state index contributed by atoms with van der Waals surface area (Å²) in [5.41, 5.74) is 7.75.